The monoisotopic (exact) mass is 349 g/mol. The number of likely N-dealkylation sites (tertiary alicyclic amines) is 1. The molecule has 0 amide bonds. The van der Waals surface area contributed by atoms with Gasteiger partial charge < -0.3 is 28.5 Å². The van der Waals surface area contributed by atoms with Gasteiger partial charge >= 0.3 is 0 Å². The maximum Gasteiger partial charge on any atom is 0.193 e. The molecule has 0 bridgehead atoms. The van der Waals surface area contributed by atoms with Crippen LogP contribution in [0.4, 0.5) is 0 Å². The Kier molecular flexibility index (Phi) is 3.40. The highest BCUT2D eigenvalue weighted by molar-refractivity contribution is 5.90. The van der Waals surface area contributed by atoms with Crippen molar-refractivity contribution >= 4 is 5.78 Å². The molecular weight excluding hydrogens is 325 g/mol. The van der Waals surface area contributed by atoms with Crippen LogP contribution in [0.15, 0.2) is 0 Å². The SMILES string of the molecule is C[C@]12C(=O)CC(C3CC3)[C@H]1CCC[N+]2(C)C.[I-]. The molecule has 3 heteroatoms. The summed E-state index contributed by atoms with van der Waals surface area (Å²) in [6, 6.07) is 0. The number of likely N-dealkylation sites (N-methyl/N-ethyl adjacent to an activating group) is 1. The van der Waals surface area contributed by atoms with E-state index < -0.39 is 0 Å². The largest absolute Gasteiger partial charge is 1.00 e. The number of carbonyl (C=O) groups excluding carboxylic acids is 1. The van der Waals surface area contributed by atoms with Crippen LogP contribution >= 0.6 is 0 Å². The maximum atomic E-state index is 12.5. The summed E-state index contributed by atoms with van der Waals surface area (Å²) in [5.41, 5.74) is -0.0640. The number of nitrogens with zero attached hydrogens (tertiary/aromatic N) is 1. The van der Waals surface area contributed by atoms with E-state index in [2.05, 4.69) is 21.0 Å². The summed E-state index contributed by atoms with van der Waals surface area (Å²) < 4.78 is 0.930. The van der Waals surface area contributed by atoms with E-state index in [1.165, 1.54) is 32.2 Å². The van der Waals surface area contributed by atoms with E-state index in [0.717, 1.165) is 22.7 Å². The van der Waals surface area contributed by atoms with Gasteiger partial charge in [0.15, 0.2) is 11.3 Å². The number of rotatable bonds is 1. The lowest BCUT2D eigenvalue weighted by atomic mass is 9.74. The fourth-order valence-electron chi connectivity index (χ4n) is 4.43. The van der Waals surface area contributed by atoms with Crippen LogP contribution in [0.5, 0.6) is 0 Å². The summed E-state index contributed by atoms with van der Waals surface area (Å²) >= 11 is 0. The predicted octanol–water partition coefficient (Wildman–Crippen LogP) is -0.765. The molecule has 0 N–H and O–H groups in total. The highest BCUT2D eigenvalue weighted by atomic mass is 127. The molecule has 2 aliphatic carbocycles. The molecule has 2 nitrogen and oxygen atoms in total. The Balaban J connectivity index is 0.00000108. The number of halogens is 1. The van der Waals surface area contributed by atoms with Crippen molar-refractivity contribution < 1.29 is 33.3 Å². The molecule has 0 aromatic carbocycles. The molecule has 3 aliphatic rings. The third-order valence-electron chi connectivity index (χ3n) is 5.94. The minimum atomic E-state index is -0.0640. The summed E-state index contributed by atoms with van der Waals surface area (Å²) in [5, 5.41) is 0. The predicted molar refractivity (Wildman–Crippen MR) is 63.9 cm³/mol. The topological polar surface area (TPSA) is 17.1 Å². The van der Waals surface area contributed by atoms with Crippen LogP contribution in [-0.4, -0.2) is 36.4 Å². The van der Waals surface area contributed by atoms with Gasteiger partial charge in [0.2, 0.25) is 0 Å². The number of piperidine rings is 1. The van der Waals surface area contributed by atoms with E-state index in [9.17, 15) is 4.79 Å². The summed E-state index contributed by atoms with van der Waals surface area (Å²) in [4.78, 5) is 12.5. The lowest BCUT2D eigenvalue weighted by Crippen LogP contribution is -3.00. The molecule has 1 unspecified atom stereocenters. The molecule has 0 spiro atoms. The van der Waals surface area contributed by atoms with Gasteiger partial charge in [0.1, 0.15) is 0 Å². The van der Waals surface area contributed by atoms with Crippen molar-refractivity contribution in [2.45, 2.75) is 44.6 Å². The maximum absolute atomic E-state index is 12.5. The van der Waals surface area contributed by atoms with Gasteiger partial charge in [-0.1, -0.05) is 0 Å². The molecule has 1 aliphatic heterocycles. The van der Waals surface area contributed by atoms with Crippen LogP contribution in [0.3, 0.4) is 0 Å². The van der Waals surface area contributed by atoms with Crippen molar-refractivity contribution in [2.24, 2.45) is 17.8 Å². The molecule has 17 heavy (non-hydrogen) atoms. The average molecular weight is 349 g/mol. The fourth-order valence-corrected chi connectivity index (χ4v) is 4.43. The van der Waals surface area contributed by atoms with E-state index in [0.29, 0.717) is 11.7 Å². The lowest BCUT2D eigenvalue weighted by molar-refractivity contribution is -0.938. The second-order valence-electron chi connectivity index (χ2n) is 6.93. The number of carbonyl (C=O) groups is 1. The zero-order chi connectivity index (χ0) is 11.6. The minimum absolute atomic E-state index is 0. The Morgan fingerprint density at radius 3 is 2.47 bits per heavy atom. The van der Waals surface area contributed by atoms with Crippen LogP contribution in [0.2, 0.25) is 0 Å². The second-order valence-corrected chi connectivity index (χ2v) is 6.93. The summed E-state index contributed by atoms with van der Waals surface area (Å²) in [6.45, 7) is 3.43. The number of ketones is 1. The van der Waals surface area contributed by atoms with E-state index in [4.69, 9.17) is 0 Å². The van der Waals surface area contributed by atoms with Crippen molar-refractivity contribution in [3.8, 4) is 0 Å². The van der Waals surface area contributed by atoms with Gasteiger partial charge in [-0.2, -0.15) is 0 Å². The molecule has 1 heterocycles. The van der Waals surface area contributed by atoms with Crippen molar-refractivity contribution in [1.29, 1.82) is 0 Å². The third-order valence-corrected chi connectivity index (χ3v) is 5.94. The third kappa shape index (κ3) is 1.79. The number of hydrogen-bond donors (Lipinski definition) is 0. The van der Waals surface area contributed by atoms with Gasteiger partial charge in [-0.3, -0.25) is 4.79 Å². The van der Waals surface area contributed by atoms with E-state index in [1.54, 1.807) is 0 Å². The summed E-state index contributed by atoms with van der Waals surface area (Å²) in [7, 11) is 4.53. The van der Waals surface area contributed by atoms with Crippen LogP contribution in [0.1, 0.15) is 39.0 Å². The van der Waals surface area contributed by atoms with E-state index in [1.807, 2.05) is 0 Å². The zero-order valence-corrected chi connectivity index (χ0v) is 13.4. The number of hydrogen-bond acceptors (Lipinski definition) is 1. The standard InChI is InChI=1S/C14H24NO.HI/c1-14-12(5-4-8-15(14,2)3)11(9-13(14)16)10-6-7-10;/h10-12H,4-9H2,1-3H3;1H/q+1;/p-1/t11?,12-,14-;/m1./s1. The zero-order valence-electron chi connectivity index (χ0n) is 11.2. The van der Waals surface area contributed by atoms with Gasteiger partial charge in [-0.05, 0) is 44.4 Å². The van der Waals surface area contributed by atoms with Gasteiger partial charge in [0, 0.05) is 12.3 Å². The molecule has 0 radical (unpaired) electrons. The van der Waals surface area contributed by atoms with Crippen LogP contribution in [0, 0.1) is 17.8 Å². The molecule has 3 rings (SSSR count). The normalized spacial score (nSPS) is 44.1. The first-order chi connectivity index (χ1) is 7.47. The van der Waals surface area contributed by atoms with Gasteiger partial charge in [-0.15, -0.1) is 0 Å². The first-order valence-corrected chi connectivity index (χ1v) is 6.83. The molecule has 0 aromatic rings. The quantitative estimate of drug-likeness (QED) is 0.449. The Labute approximate surface area is 122 Å². The molecule has 3 atom stereocenters. The highest BCUT2D eigenvalue weighted by Crippen LogP contribution is 2.56. The lowest BCUT2D eigenvalue weighted by Gasteiger charge is -2.51. The van der Waals surface area contributed by atoms with Crippen molar-refractivity contribution in [3.05, 3.63) is 0 Å². The van der Waals surface area contributed by atoms with Crippen LogP contribution < -0.4 is 24.0 Å². The Morgan fingerprint density at radius 1 is 1.24 bits per heavy atom. The summed E-state index contributed by atoms with van der Waals surface area (Å²) in [5.74, 6) is 2.86. The van der Waals surface area contributed by atoms with E-state index >= 15 is 0 Å². The number of quaternary nitrogens is 1. The minimum Gasteiger partial charge on any atom is -1.00 e. The molecule has 1 saturated heterocycles. The first-order valence-electron chi connectivity index (χ1n) is 6.83. The first kappa shape index (κ1) is 13.8. The molecule has 2 saturated carbocycles. The number of fused-ring (bicyclic) bond motifs is 1. The molecule has 3 fully saturated rings. The molecule has 98 valence electrons. The average Bonchev–Trinajstić information content (AvgIpc) is 2.98. The Hall–Kier alpha value is 0.360. The highest BCUT2D eigenvalue weighted by Gasteiger charge is 2.64. The van der Waals surface area contributed by atoms with Crippen molar-refractivity contribution in [1.82, 2.24) is 0 Å². The summed E-state index contributed by atoms with van der Waals surface area (Å²) in [6.07, 6.45) is 6.26. The smallest absolute Gasteiger partial charge is 0.193 e. The van der Waals surface area contributed by atoms with Crippen LogP contribution in [-0.2, 0) is 4.79 Å². The van der Waals surface area contributed by atoms with Crippen molar-refractivity contribution in [3.63, 3.8) is 0 Å². The van der Waals surface area contributed by atoms with Crippen LogP contribution in [0.25, 0.3) is 0 Å². The molecule has 0 aromatic heterocycles. The van der Waals surface area contributed by atoms with Gasteiger partial charge in [0.05, 0.1) is 20.6 Å². The Bertz CT molecular complexity index is 337. The number of Topliss-reactive ketones (excluding diaryl/α,β-unsaturated/α-hetero) is 1. The van der Waals surface area contributed by atoms with Gasteiger partial charge in [-0.25, -0.2) is 0 Å². The molecular formula is C14H24INO. The Morgan fingerprint density at radius 2 is 1.88 bits per heavy atom. The van der Waals surface area contributed by atoms with E-state index in [-0.39, 0.29) is 29.5 Å². The fraction of sp³-hybridized carbons (Fsp3) is 0.929. The van der Waals surface area contributed by atoms with Gasteiger partial charge in [0.25, 0.3) is 0 Å². The van der Waals surface area contributed by atoms with Crippen molar-refractivity contribution in [2.75, 3.05) is 20.6 Å². The second kappa shape index (κ2) is 4.19.